The summed E-state index contributed by atoms with van der Waals surface area (Å²) in [7, 11) is 0. The van der Waals surface area contributed by atoms with Crippen LogP contribution in [0.3, 0.4) is 0 Å². The highest BCUT2D eigenvalue weighted by molar-refractivity contribution is 5.89. The Labute approximate surface area is 166 Å². The Hall–Kier alpha value is -2.83. The van der Waals surface area contributed by atoms with Crippen LogP contribution in [0.4, 0.5) is 22.2 Å². The minimum Gasteiger partial charge on any atom is -0.353 e. The van der Waals surface area contributed by atoms with Gasteiger partial charge in [0.2, 0.25) is 5.95 Å². The Morgan fingerprint density at radius 1 is 0.893 bits per heavy atom. The molecule has 4 rings (SSSR count). The van der Waals surface area contributed by atoms with E-state index in [0.29, 0.717) is 13.1 Å². The Morgan fingerprint density at radius 2 is 1.61 bits per heavy atom. The van der Waals surface area contributed by atoms with Crippen LogP contribution in [0.25, 0.3) is 0 Å². The number of aromatic nitrogens is 2. The van der Waals surface area contributed by atoms with Gasteiger partial charge in [0.25, 0.3) is 0 Å². The predicted molar refractivity (Wildman–Crippen MR) is 112 cm³/mol. The topological polar surface area (TPSA) is 64.6 Å². The van der Waals surface area contributed by atoms with Crippen molar-refractivity contribution < 1.29 is 4.79 Å². The van der Waals surface area contributed by atoms with E-state index in [-0.39, 0.29) is 6.03 Å². The third-order valence-corrected chi connectivity index (χ3v) is 5.38. The number of nitrogens with one attached hydrogen (secondary N) is 1. The van der Waals surface area contributed by atoms with Crippen molar-refractivity contribution in [2.75, 3.05) is 54.4 Å². The number of anilines is 3. The van der Waals surface area contributed by atoms with Gasteiger partial charge in [0.1, 0.15) is 5.82 Å². The van der Waals surface area contributed by atoms with E-state index in [1.807, 2.05) is 48.2 Å². The SMILES string of the molecule is Cc1cc(N2CCN(C(=O)Nc3ccccc3)CC2)nc(N2CCCCC2)n1. The van der Waals surface area contributed by atoms with E-state index in [1.165, 1.54) is 19.3 Å². The smallest absolute Gasteiger partial charge is 0.321 e. The van der Waals surface area contributed by atoms with Gasteiger partial charge in [0, 0.05) is 56.7 Å². The molecular formula is C21H28N6O. The zero-order chi connectivity index (χ0) is 19.3. The quantitative estimate of drug-likeness (QED) is 0.886. The minimum atomic E-state index is -0.0428. The number of carbonyl (C=O) groups is 1. The lowest BCUT2D eigenvalue weighted by Gasteiger charge is -2.36. The summed E-state index contributed by atoms with van der Waals surface area (Å²) in [4.78, 5) is 28.4. The van der Waals surface area contributed by atoms with Gasteiger partial charge in [-0.1, -0.05) is 18.2 Å². The number of nitrogens with zero attached hydrogens (tertiary/aromatic N) is 5. The van der Waals surface area contributed by atoms with Crippen LogP contribution in [0.5, 0.6) is 0 Å². The van der Waals surface area contributed by atoms with Crippen molar-refractivity contribution in [1.29, 1.82) is 0 Å². The first-order valence-electron chi connectivity index (χ1n) is 10.2. The van der Waals surface area contributed by atoms with Crippen LogP contribution in [0.1, 0.15) is 25.0 Å². The number of piperidine rings is 1. The second-order valence-corrected chi connectivity index (χ2v) is 7.49. The van der Waals surface area contributed by atoms with E-state index in [0.717, 1.165) is 49.3 Å². The van der Waals surface area contributed by atoms with Crippen LogP contribution < -0.4 is 15.1 Å². The van der Waals surface area contributed by atoms with Crippen molar-refractivity contribution >= 4 is 23.5 Å². The second-order valence-electron chi connectivity index (χ2n) is 7.49. The molecule has 2 saturated heterocycles. The van der Waals surface area contributed by atoms with Gasteiger partial charge in [-0.2, -0.15) is 4.98 Å². The summed E-state index contributed by atoms with van der Waals surface area (Å²) in [5, 5.41) is 2.96. The summed E-state index contributed by atoms with van der Waals surface area (Å²) >= 11 is 0. The molecule has 1 N–H and O–H groups in total. The number of benzene rings is 1. The van der Waals surface area contributed by atoms with Crippen molar-refractivity contribution in [2.24, 2.45) is 0 Å². The third kappa shape index (κ3) is 4.35. The molecule has 0 radical (unpaired) electrons. The van der Waals surface area contributed by atoms with Crippen molar-refractivity contribution in [3.05, 3.63) is 42.1 Å². The maximum Gasteiger partial charge on any atom is 0.321 e. The van der Waals surface area contributed by atoms with Gasteiger partial charge in [0.15, 0.2) is 0 Å². The molecular weight excluding hydrogens is 352 g/mol. The number of rotatable bonds is 3. The fourth-order valence-corrected chi connectivity index (χ4v) is 3.80. The van der Waals surface area contributed by atoms with Crippen LogP contribution in [-0.2, 0) is 0 Å². The molecule has 3 heterocycles. The Kier molecular flexibility index (Phi) is 5.60. The molecule has 0 aliphatic carbocycles. The highest BCUT2D eigenvalue weighted by atomic mass is 16.2. The number of amides is 2. The average molecular weight is 380 g/mol. The molecule has 2 aromatic rings. The number of piperazine rings is 1. The maximum absolute atomic E-state index is 12.5. The van der Waals surface area contributed by atoms with Crippen molar-refractivity contribution in [3.63, 3.8) is 0 Å². The molecule has 0 bridgehead atoms. The molecule has 2 aliphatic heterocycles. The molecule has 2 amide bonds. The van der Waals surface area contributed by atoms with Crippen molar-refractivity contribution in [2.45, 2.75) is 26.2 Å². The zero-order valence-electron chi connectivity index (χ0n) is 16.5. The van der Waals surface area contributed by atoms with E-state index in [2.05, 4.69) is 20.1 Å². The lowest BCUT2D eigenvalue weighted by atomic mass is 10.1. The van der Waals surface area contributed by atoms with Crippen molar-refractivity contribution in [1.82, 2.24) is 14.9 Å². The first kappa shape index (κ1) is 18.5. The molecule has 7 heteroatoms. The van der Waals surface area contributed by atoms with Crippen LogP contribution in [-0.4, -0.2) is 60.2 Å². The molecule has 0 unspecified atom stereocenters. The largest absolute Gasteiger partial charge is 0.353 e. The summed E-state index contributed by atoms with van der Waals surface area (Å²) in [6, 6.07) is 11.6. The Balaban J connectivity index is 1.38. The predicted octanol–water partition coefficient (Wildman–Crippen LogP) is 3.13. The van der Waals surface area contributed by atoms with Crippen LogP contribution >= 0.6 is 0 Å². The lowest BCUT2D eigenvalue weighted by molar-refractivity contribution is 0.208. The number of hydrogen-bond donors (Lipinski definition) is 1. The summed E-state index contributed by atoms with van der Waals surface area (Å²) in [5.41, 5.74) is 1.82. The standard InChI is InChI=1S/C21H28N6O/c1-17-16-19(24-20(22-17)26-10-6-3-7-11-26)25-12-14-27(15-13-25)21(28)23-18-8-4-2-5-9-18/h2,4-5,8-9,16H,3,6-7,10-15H2,1H3,(H,23,28). The first-order valence-corrected chi connectivity index (χ1v) is 10.2. The van der Waals surface area contributed by atoms with Crippen molar-refractivity contribution in [3.8, 4) is 0 Å². The highest BCUT2D eigenvalue weighted by Gasteiger charge is 2.23. The molecule has 148 valence electrons. The van der Waals surface area contributed by atoms with Gasteiger partial charge in [0.05, 0.1) is 0 Å². The van der Waals surface area contributed by atoms with Crippen LogP contribution in [0, 0.1) is 6.92 Å². The fraction of sp³-hybridized carbons (Fsp3) is 0.476. The van der Waals surface area contributed by atoms with Crippen LogP contribution in [0.15, 0.2) is 36.4 Å². The number of urea groups is 1. The summed E-state index contributed by atoms with van der Waals surface area (Å²) in [6.45, 7) is 7.02. The summed E-state index contributed by atoms with van der Waals surface area (Å²) < 4.78 is 0. The molecule has 0 saturated carbocycles. The van der Waals surface area contributed by atoms with Gasteiger partial charge in [-0.25, -0.2) is 9.78 Å². The second kappa shape index (κ2) is 8.46. The normalized spacial score (nSPS) is 17.5. The molecule has 0 atom stereocenters. The van der Waals surface area contributed by atoms with Gasteiger partial charge in [-0.05, 0) is 38.3 Å². The number of hydrogen-bond acceptors (Lipinski definition) is 5. The number of aryl methyl sites for hydroxylation is 1. The first-order chi connectivity index (χ1) is 13.7. The molecule has 28 heavy (non-hydrogen) atoms. The molecule has 0 spiro atoms. The van der Waals surface area contributed by atoms with Gasteiger partial charge in [-0.3, -0.25) is 0 Å². The summed E-state index contributed by atoms with van der Waals surface area (Å²) in [6.07, 6.45) is 3.71. The monoisotopic (exact) mass is 380 g/mol. The van der Waals surface area contributed by atoms with Gasteiger partial charge < -0.3 is 20.0 Å². The third-order valence-electron chi connectivity index (χ3n) is 5.38. The number of para-hydroxylation sites is 1. The molecule has 7 nitrogen and oxygen atoms in total. The molecule has 1 aromatic carbocycles. The van der Waals surface area contributed by atoms with E-state index < -0.39 is 0 Å². The van der Waals surface area contributed by atoms with E-state index in [1.54, 1.807) is 0 Å². The van der Waals surface area contributed by atoms with E-state index in [4.69, 9.17) is 4.98 Å². The van der Waals surface area contributed by atoms with E-state index in [9.17, 15) is 4.79 Å². The Morgan fingerprint density at radius 3 is 2.32 bits per heavy atom. The van der Waals surface area contributed by atoms with Gasteiger partial charge in [-0.15, -0.1) is 0 Å². The lowest BCUT2D eigenvalue weighted by Crippen LogP contribution is -2.50. The maximum atomic E-state index is 12.5. The summed E-state index contributed by atoms with van der Waals surface area (Å²) in [5.74, 6) is 1.81. The molecule has 1 aromatic heterocycles. The number of carbonyl (C=O) groups excluding carboxylic acids is 1. The minimum absolute atomic E-state index is 0.0428. The molecule has 2 aliphatic rings. The zero-order valence-corrected chi connectivity index (χ0v) is 16.5. The molecule has 2 fully saturated rings. The fourth-order valence-electron chi connectivity index (χ4n) is 3.80. The van der Waals surface area contributed by atoms with E-state index >= 15 is 0 Å². The van der Waals surface area contributed by atoms with Crippen LogP contribution in [0.2, 0.25) is 0 Å². The highest BCUT2D eigenvalue weighted by Crippen LogP contribution is 2.22. The Bertz CT molecular complexity index is 798. The average Bonchev–Trinajstić information content (AvgIpc) is 2.75. The van der Waals surface area contributed by atoms with Gasteiger partial charge >= 0.3 is 6.03 Å².